The van der Waals surface area contributed by atoms with Crippen LogP contribution in [0.2, 0.25) is 0 Å². The third-order valence-electron chi connectivity index (χ3n) is 5.53. The van der Waals surface area contributed by atoms with E-state index in [0.29, 0.717) is 32.0 Å². The highest BCUT2D eigenvalue weighted by atomic mass is 19.1. The topological polar surface area (TPSA) is 58.6 Å². The van der Waals surface area contributed by atoms with Crippen molar-refractivity contribution in [3.8, 4) is 5.75 Å². The summed E-state index contributed by atoms with van der Waals surface area (Å²) >= 11 is 0. The van der Waals surface area contributed by atoms with Gasteiger partial charge in [0.1, 0.15) is 12.4 Å². The molecule has 148 valence electrons. The summed E-state index contributed by atoms with van der Waals surface area (Å²) in [7, 11) is 0. The van der Waals surface area contributed by atoms with Crippen LogP contribution >= 0.6 is 0 Å². The van der Waals surface area contributed by atoms with Crippen molar-refractivity contribution >= 4 is 5.91 Å². The Balaban J connectivity index is 1.40. The zero-order valence-electron chi connectivity index (χ0n) is 16.1. The second-order valence-electron chi connectivity index (χ2n) is 7.36. The Kier molecular flexibility index (Phi) is 5.52. The number of rotatable bonds is 5. The predicted molar refractivity (Wildman–Crippen MR) is 102 cm³/mol. The standard InChI is InChI=1S/C21H25FN4O2/c1-15(27)26-10-8-18-16(14-26)13-23-21(24-18)19-6-4-9-25(19)11-12-28-20-7-3-2-5-17(20)22/h2-3,5,7,13,19H,4,6,8-12,14H2,1H3/t19-/m1/s1. The summed E-state index contributed by atoms with van der Waals surface area (Å²) in [6.45, 7) is 5.00. The molecule has 1 aromatic heterocycles. The number of likely N-dealkylation sites (tertiary alicyclic amines) is 1. The van der Waals surface area contributed by atoms with Crippen molar-refractivity contribution in [2.24, 2.45) is 0 Å². The number of fused-ring (bicyclic) bond motifs is 1. The number of carbonyl (C=O) groups is 1. The van der Waals surface area contributed by atoms with E-state index in [4.69, 9.17) is 9.72 Å². The molecule has 1 aromatic carbocycles. The van der Waals surface area contributed by atoms with Gasteiger partial charge in [0.15, 0.2) is 11.6 Å². The summed E-state index contributed by atoms with van der Waals surface area (Å²) in [5, 5.41) is 0. The van der Waals surface area contributed by atoms with E-state index in [-0.39, 0.29) is 17.8 Å². The highest BCUT2D eigenvalue weighted by molar-refractivity contribution is 5.73. The lowest BCUT2D eigenvalue weighted by Gasteiger charge is -2.28. The van der Waals surface area contributed by atoms with Crippen molar-refractivity contribution in [1.82, 2.24) is 19.8 Å². The quantitative estimate of drug-likeness (QED) is 0.793. The number of hydrogen-bond acceptors (Lipinski definition) is 5. The maximum Gasteiger partial charge on any atom is 0.219 e. The number of nitrogens with zero attached hydrogens (tertiary/aromatic N) is 4. The Morgan fingerprint density at radius 2 is 2.18 bits per heavy atom. The highest BCUT2D eigenvalue weighted by Crippen LogP contribution is 2.30. The molecule has 28 heavy (non-hydrogen) atoms. The van der Waals surface area contributed by atoms with Gasteiger partial charge < -0.3 is 9.64 Å². The molecule has 4 rings (SSSR count). The molecule has 7 heteroatoms. The molecule has 0 spiro atoms. The number of amides is 1. The number of hydrogen-bond donors (Lipinski definition) is 0. The molecule has 0 unspecified atom stereocenters. The van der Waals surface area contributed by atoms with Crippen molar-refractivity contribution in [2.75, 3.05) is 26.2 Å². The van der Waals surface area contributed by atoms with E-state index in [0.717, 1.165) is 42.9 Å². The average molecular weight is 384 g/mol. The van der Waals surface area contributed by atoms with Crippen LogP contribution in [0.15, 0.2) is 30.5 Å². The summed E-state index contributed by atoms with van der Waals surface area (Å²) in [6, 6.07) is 6.64. The predicted octanol–water partition coefficient (Wildman–Crippen LogP) is 2.74. The summed E-state index contributed by atoms with van der Waals surface area (Å²) in [5.74, 6) is 0.890. The van der Waals surface area contributed by atoms with E-state index < -0.39 is 0 Å². The summed E-state index contributed by atoms with van der Waals surface area (Å²) < 4.78 is 19.3. The van der Waals surface area contributed by atoms with Crippen LogP contribution in [0, 0.1) is 5.82 Å². The number of benzene rings is 1. The van der Waals surface area contributed by atoms with Gasteiger partial charge in [-0.2, -0.15) is 0 Å². The molecule has 0 aliphatic carbocycles. The van der Waals surface area contributed by atoms with Crippen LogP contribution in [0.4, 0.5) is 4.39 Å². The maximum absolute atomic E-state index is 13.7. The van der Waals surface area contributed by atoms with Crippen LogP contribution in [0.3, 0.4) is 0 Å². The summed E-state index contributed by atoms with van der Waals surface area (Å²) in [5.41, 5.74) is 2.09. The Morgan fingerprint density at radius 1 is 1.32 bits per heavy atom. The lowest BCUT2D eigenvalue weighted by Crippen LogP contribution is -2.35. The molecule has 3 heterocycles. The van der Waals surface area contributed by atoms with E-state index in [9.17, 15) is 9.18 Å². The first-order valence-electron chi connectivity index (χ1n) is 9.83. The van der Waals surface area contributed by atoms with Crippen LogP contribution in [0.25, 0.3) is 0 Å². The molecule has 1 atom stereocenters. The lowest BCUT2D eigenvalue weighted by atomic mass is 10.1. The van der Waals surface area contributed by atoms with E-state index >= 15 is 0 Å². The van der Waals surface area contributed by atoms with E-state index in [1.54, 1.807) is 25.1 Å². The Labute approximate surface area is 164 Å². The van der Waals surface area contributed by atoms with Crippen molar-refractivity contribution in [3.05, 3.63) is 53.4 Å². The van der Waals surface area contributed by atoms with Gasteiger partial charge in [-0.3, -0.25) is 9.69 Å². The van der Waals surface area contributed by atoms with Gasteiger partial charge in [-0.1, -0.05) is 12.1 Å². The molecular weight excluding hydrogens is 359 g/mol. The van der Waals surface area contributed by atoms with Gasteiger partial charge in [-0.05, 0) is 31.5 Å². The molecule has 0 bridgehead atoms. The smallest absolute Gasteiger partial charge is 0.219 e. The molecule has 6 nitrogen and oxygen atoms in total. The molecule has 0 radical (unpaired) electrons. The maximum atomic E-state index is 13.7. The van der Waals surface area contributed by atoms with Crippen molar-refractivity contribution in [3.63, 3.8) is 0 Å². The number of para-hydroxylation sites is 1. The van der Waals surface area contributed by atoms with Gasteiger partial charge in [0.2, 0.25) is 5.91 Å². The van der Waals surface area contributed by atoms with Crippen molar-refractivity contribution in [2.45, 2.75) is 38.8 Å². The molecule has 0 saturated carbocycles. The summed E-state index contributed by atoms with van der Waals surface area (Å²) in [6.07, 6.45) is 4.74. The fraction of sp³-hybridized carbons (Fsp3) is 0.476. The Morgan fingerprint density at radius 3 is 3.00 bits per heavy atom. The second kappa shape index (κ2) is 8.22. The fourth-order valence-corrected chi connectivity index (χ4v) is 3.98. The zero-order chi connectivity index (χ0) is 19.5. The molecular formula is C21H25FN4O2. The SMILES string of the molecule is CC(=O)N1CCc2nc([C@H]3CCCN3CCOc3ccccc3F)ncc2C1. The molecule has 1 amide bonds. The largest absolute Gasteiger partial charge is 0.489 e. The first kappa shape index (κ1) is 18.8. The Hall–Kier alpha value is -2.54. The van der Waals surface area contributed by atoms with Crippen LogP contribution < -0.4 is 4.74 Å². The van der Waals surface area contributed by atoms with Crippen LogP contribution in [0.5, 0.6) is 5.75 Å². The molecule has 0 N–H and O–H groups in total. The van der Waals surface area contributed by atoms with Gasteiger partial charge in [0.05, 0.1) is 11.7 Å². The third kappa shape index (κ3) is 3.99. The lowest BCUT2D eigenvalue weighted by molar-refractivity contribution is -0.129. The normalized spacial score (nSPS) is 19.5. The van der Waals surface area contributed by atoms with Gasteiger partial charge in [-0.15, -0.1) is 0 Å². The molecule has 2 aromatic rings. The van der Waals surface area contributed by atoms with E-state index in [1.807, 2.05) is 11.1 Å². The van der Waals surface area contributed by atoms with Gasteiger partial charge in [0, 0.05) is 44.7 Å². The second-order valence-corrected chi connectivity index (χ2v) is 7.36. The van der Waals surface area contributed by atoms with E-state index in [2.05, 4.69) is 9.88 Å². The first-order valence-corrected chi connectivity index (χ1v) is 9.83. The Bertz CT molecular complexity index is 860. The van der Waals surface area contributed by atoms with Crippen LogP contribution in [-0.2, 0) is 17.8 Å². The molecule has 2 aliphatic heterocycles. The molecule has 1 fully saturated rings. The zero-order valence-corrected chi connectivity index (χ0v) is 16.1. The monoisotopic (exact) mass is 384 g/mol. The molecule has 2 aliphatic rings. The van der Waals surface area contributed by atoms with Crippen molar-refractivity contribution in [1.29, 1.82) is 0 Å². The molecule has 1 saturated heterocycles. The van der Waals surface area contributed by atoms with E-state index in [1.165, 1.54) is 6.07 Å². The average Bonchev–Trinajstić information content (AvgIpc) is 3.17. The number of aromatic nitrogens is 2. The van der Waals surface area contributed by atoms with Crippen LogP contribution in [-0.4, -0.2) is 51.9 Å². The van der Waals surface area contributed by atoms with Crippen molar-refractivity contribution < 1.29 is 13.9 Å². The minimum absolute atomic E-state index is 0.0894. The van der Waals surface area contributed by atoms with Gasteiger partial charge in [0.25, 0.3) is 0 Å². The fourth-order valence-electron chi connectivity index (χ4n) is 3.98. The first-order chi connectivity index (χ1) is 13.6. The highest BCUT2D eigenvalue weighted by Gasteiger charge is 2.29. The van der Waals surface area contributed by atoms with Gasteiger partial charge >= 0.3 is 0 Å². The minimum atomic E-state index is -0.335. The summed E-state index contributed by atoms with van der Waals surface area (Å²) in [4.78, 5) is 25.2. The number of halogens is 1. The van der Waals surface area contributed by atoms with Crippen LogP contribution in [0.1, 0.15) is 42.9 Å². The number of ether oxygens (including phenoxy) is 1. The number of carbonyl (C=O) groups excluding carboxylic acids is 1. The third-order valence-corrected chi connectivity index (χ3v) is 5.53. The van der Waals surface area contributed by atoms with Gasteiger partial charge in [-0.25, -0.2) is 14.4 Å². The minimum Gasteiger partial charge on any atom is -0.489 e.